The molecule has 7 nitrogen and oxygen atoms in total. The lowest BCUT2D eigenvalue weighted by atomic mass is 10.3. The number of nitrogens with one attached hydrogen (secondary N) is 1. The van der Waals surface area contributed by atoms with E-state index in [1.807, 2.05) is 0 Å². The molecule has 30 heavy (non-hydrogen) atoms. The standard InChI is InChI=1S/C20H20ClN5O2S2/c1-2-9-26-18(28)16-17(23-19(30-16)25-10-3-4-11-25)24-20(26)29-12-15(27)22-14-7-5-13(21)6-8-14/h2,5-8H,1,3-4,9-12H2,(H,22,27). The topological polar surface area (TPSA) is 80.1 Å². The summed E-state index contributed by atoms with van der Waals surface area (Å²) in [6, 6.07) is 6.89. The monoisotopic (exact) mass is 461 g/mol. The number of thioether (sulfide) groups is 1. The Morgan fingerprint density at radius 1 is 1.27 bits per heavy atom. The zero-order chi connectivity index (χ0) is 21.1. The van der Waals surface area contributed by atoms with Gasteiger partial charge < -0.3 is 10.2 Å². The highest BCUT2D eigenvalue weighted by Crippen LogP contribution is 2.29. The Hall–Kier alpha value is -2.36. The van der Waals surface area contributed by atoms with Crippen LogP contribution in [0.5, 0.6) is 0 Å². The minimum absolute atomic E-state index is 0.112. The van der Waals surface area contributed by atoms with Crippen LogP contribution in [0.4, 0.5) is 10.8 Å². The molecule has 0 aliphatic carbocycles. The number of anilines is 2. The second kappa shape index (κ2) is 9.20. The van der Waals surface area contributed by atoms with Crippen LogP contribution in [0.25, 0.3) is 10.3 Å². The number of amides is 1. The molecule has 0 spiro atoms. The number of fused-ring (bicyclic) bond motifs is 1. The van der Waals surface area contributed by atoms with Gasteiger partial charge in [0.25, 0.3) is 5.56 Å². The second-order valence-electron chi connectivity index (χ2n) is 6.79. The summed E-state index contributed by atoms with van der Waals surface area (Å²) in [4.78, 5) is 36.8. The van der Waals surface area contributed by atoms with E-state index in [-0.39, 0.29) is 17.2 Å². The molecule has 1 aliphatic heterocycles. The molecular weight excluding hydrogens is 442 g/mol. The first-order valence-corrected chi connectivity index (χ1v) is 11.7. The number of carbonyl (C=O) groups excluding carboxylic acids is 1. The molecule has 3 heterocycles. The van der Waals surface area contributed by atoms with E-state index in [4.69, 9.17) is 11.6 Å². The molecule has 0 atom stereocenters. The van der Waals surface area contributed by atoms with E-state index in [0.29, 0.717) is 32.8 Å². The summed E-state index contributed by atoms with van der Waals surface area (Å²) in [7, 11) is 0. The van der Waals surface area contributed by atoms with Gasteiger partial charge in [0.1, 0.15) is 4.70 Å². The molecular formula is C20H20ClN5O2S2. The Balaban J connectivity index is 1.56. The number of allylic oxidation sites excluding steroid dienone is 1. The van der Waals surface area contributed by atoms with Crippen molar-refractivity contribution in [3.8, 4) is 0 Å². The average Bonchev–Trinajstić information content (AvgIpc) is 3.40. The fourth-order valence-electron chi connectivity index (χ4n) is 3.18. The van der Waals surface area contributed by atoms with E-state index in [1.165, 1.54) is 23.1 Å². The highest BCUT2D eigenvalue weighted by atomic mass is 35.5. The van der Waals surface area contributed by atoms with Crippen molar-refractivity contribution in [3.05, 3.63) is 52.3 Å². The number of carbonyl (C=O) groups is 1. The van der Waals surface area contributed by atoms with Crippen molar-refractivity contribution < 1.29 is 4.79 Å². The fraction of sp³-hybridized carbons (Fsp3) is 0.300. The number of nitrogens with zero attached hydrogens (tertiary/aromatic N) is 4. The van der Waals surface area contributed by atoms with Crippen molar-refractivity contribution in [3.63, 3.8) is 0 Å². The maximum Gasteiger partial charge on any atom is 0.274 e. The van der Waals surface area contributed by atoms with Gasteiger partial charge in [-0.1, -0.05) is 40.8 Å². The van der Waals surface area contributed by atoms with Crippen LogP contribution in [-0.4, -0.2) is 39.3 Å². The van der Waals surface area contributed by atoms with E-state index < -0.39 is 0 Å². The lowest BCUT2D eigenvalue weighted by Gasteiger charge is -2.11. The summed E-state index contributed by atoms with van der Waals surface area (Å²) in [6.45, 7) is 5.96. The highest BCUT2D eigenvalue weighted by Gasteiger charge is 2.21. The van der Waals surface area contributed by atoms with Crippen LogP contribution in [0.15, 0.2) is 46.9 Å². The highest BCUT2D eigenvalue weighted by molar-refractivity contribution is 7.99. The minimum atomic E-state index is -0.196. The number of halogens is 1. The van der Waals surface area contributed by atoms with Crippen LogP contribution in [0.1, 0.15) is 12.8 Å². The van der Waals surface area contributed by atoms with Gasteiger partial charge in [-0.3, -0.25) is 14.2 Å². The van der Waals surface area contributed by atoms with Crippen LogP contribution in [0.3, 0.4) is 0 Å². The summed E-state index contributed by atoms with van der Waals surface area (Å²) in [6.07, 6.45) is 3.91. The number of thiazole rings is 1. The molecule has 1 aromatic carbocycles. The molecule has 0 radical (unpaired) electrons. The maximum atomic E-state index is 13.0. The quantitative estimate of drug-likeness (QED) is 0.325. The summed E-state index contributed by atoms with van der Waals surface area (Å²) in [5.74, 6) is -0.0845. The van der Waals surface area contributed by atoms with E-state index in [2.05, 4.69) is 26.8 Å². The molecule has 3 aromatic rings. The first-order chi connectivity index (χ1) is 14.5. The van der Waals surface area contributed by atoms with E-state index >= 15 is 0 Å². The zero-order valence-electron chi connectivity index (χ0n) is 16.1. The van der Waals surface area contributed by atoms with Crippen LogP contribution in [0, 0.1) is 0 Å². The molecule has 156 valence electrons. The van der Waals surface area contributed by atoms with Crippen LogP contribution < -0.4 is 15.8 Å². The largest absolute Gasteiger partial charge is 0.348 e. The molecule has 2 aromatic heterocycles. The summed E-state index contributed by atoms with van der Waals surface area (Å²) in [5.41, 5.74) is 0.947. The van der Waals surface area contributed by atoms with Crippen molar-refractivity contribution >= 4 is 61.8 Å². The third-order valence-electron chi connectivity index (χ3n) is 4.62. The molecule has 1 aliphatic rings. The number of aromatic nitrogens is 3. The lowest BCUT2D eigenvalue weighted by molar-refractivity contribution is -0.113. The zero-order valence-corrected chi connectivity index (χ0v) is 18.5. The number of hydrogen-bond acceptors (Lipinski definition) is 7. The first kappa shape index (κ1) is 20.9. The fourth-order valence-corrected chi connectivity index (χ4v) is 5.11. The average molecular weight is 462 g/mol. The normalized spacial score (nSPS) is 13.7. The van der Waals surface area contributed by atoms with Crippen molar-refractivity contribution in [2.45, 2.75) is 24.5 Å². The summed E-state index contributed by atoms with van der Waals surface area (Å²) < 4.78 is 2.08. The van der Waals surface area contributed by atoms with E-state index in [0.717, 1.165) is 31.1 Å². The lowest BCUT2D eigenvalue weighted by Crippen LogP contribution is -2.23. The van der Waals surface area contributed by atoms with Crippen LogP contribution in [-0.2, 0) is 11.3 Å². The smallest absolute Gasteiger partial charge is 0.274 e. The van der Waals surface area contributed by atoms with Gasteiger partial charge in [-0.05, 0) is 37.1 Å². The van der Waals surface area contributed by atoms with Crippen molar-refractivity contribution in [1.82, 2.24) is 14.5 Å². The van der Waals surface area contributed by atoms with Crippen molar-refractivity contribution in [2.75, 3.05) is 29.1 Å². The Morgan fingerprint density at radius 3 is 2.70 bits per heavy atom. The van der Waals surface area contributed by atoms with Gasteiger partial charge in [-0.25, -0.2) is 4.98 Å². The number of rotatable bonds is 7. The van der Waals surface area contributed by atoms with Gasteiger partial charge in [-0.2, -0.15) is 4.98 Å². The van der Waals surface area contributed by atoms with E-state index in [9.17, 15) is 9.59 Å². The molecule has 1 amide bonds. The predicted octanol–water partition coefficient (Wildman–Crippen LogP) is 4.02. The molecule has 4 rings (SSSR count). The van der Waals surface area contributed by atoms with Gasteiger partial charge in [0.15, 0.2) is 15.9 Å². The van der Waals surface area contributed by atoms with Crippen molar-refractivity contribution in [1.29, 1.82) is 0 Å². The van der Waals surface area contributed by atoms with Gasteiger partial charge in [-0.15, -0.1) is 6.58 Å². The SMILES string of the molecule is C=CCn1c(SCC(=O)Nc2ccc(Cl)cc2)nc2nc(N3CCCC3)sc2c1=O. The molecule has 0 saturated carbocycles. The predicted molar refractivity (Wildman–Crippen MR) is 124 cm³/mol. The maximum absolute atomic E-state index is 13.0. The molecule has 0 unspecified atom stereocenters. The molecule has 0 bridgehead atoms. The second-order valence-corrected chi connectivity index (χ2v) is 9.14. The first-order valence-electron chi connectivity index (χ1n) is 9.50. The van der Waals surface area contributed by atoms with Gasteiger partial charge in [0.2, 0.25) is 5.91 Å². The molecule has 1 saturated heterocycles. The van der Waals surface area contributed by atoms with Crippen LogP contribution in [0.2, 0.25) is 5.02 Å². The molecule has 1 fully saturated rings. The Labute approximate surface area is 186 Å². The van der Waals surface area contributed by atoms with Crippen LogP contribution >= 0.6 is 34.7 Å². The molecule has 10 heteroatoms. The number of benzene rings is 1. The Morgan fingerprint density at radius 2 is 2.00 bits per heavy atom. The summed E-state index contributed by atoms with van der Waals surface area (Å²) >= 11 is 8.46. The Kier molecular flexibility index (Phi) is 6.40. The van der Waals surface area contributed by atoms with Gasteiger partial charge in [0, 0.05) is 30.3 Å². The molecule has 1 N–H and O–H groups in total. The van der Waals surface area contributed by atoms with E-state index in [1.54, 1.807) is 34.9 Å². The third kappa shape index (κ3) is 4.53. The van der Waals surface area contributed by atoms with Gasteiger partial charge >= 0.3 is 0 Å². The summed E-state index contributed by atoms with van der Waals surface area (Å²) in [5, 5.41) is 4.70. The minimum Gasteiger partial charge on any atom is -0.348 e. The third-order valence-corrected chi connectivity index (χ3v) is 6.94. The Bertz CT molecular complexity index is 1140. The number of hydrogen-bond donors (Lipinski definition) is 1. The van der Waals surface area contributed by atoms with Gasteiger partial charge in [0.05, 0.1) is 5.75 Å². The van der Waals surface area contributed by atoms with Crippen molar-refractivity contribution in [2.24, 2.45) is 0 Å².